The second-order valence-corrected chi connectivity index (χ2v) is 4.32. The van der Waals surface area contributed by atoms with Crippen LogP contribution in [0.3, 0.4) is 0 Å². The summed E-state index contributed by atoms with van der Waals surface area (Å²) in [7, 11) is 0. The summed E-state index contributed by atoms with van der Waals surface area (Å²) >= 11 is 0. The van der Waals surface area contributed by atoms with E-state index in [1.807, 2.05) is 0 Å². The van der Waals surface area contributed by atoms with Gasteiger partial charge in [0.05, 0.1) is 0 Å². The molecule has 3 N–H and O–H groups in total. The number of allylic oxidation sites excluding steroid dienone is 2. The molecule has 92 valence electrons. The monoisotopic (exact) mass is 246 g/mol. The van der Waals surface area contributed by atoms with E-state index < -0.39 is 5.78 Å². The Morgan fingerprint density at radius 3 is 2.78 bits per heavy atom. The van der Waals surface area contributed by atoms with E-state index in [-0.39, 0.29) is 23.2 Å². The molecule has 0 bridgehead atoms. The fourth-order valence-corrected chi connectivity index (χ4v) is 2.19. The highest BCUT2D eigenvalue weighted by Crippen LogP contribution is 2.42. The molecule has 5 nitrogen and oxygen atoms in total. The molecule has 0 aromatic heterocycles. The number of carbonyl (C=O) groups excluding carboxylic acids is 1. The Morgan fingerprint density at radius 1 is 1.22 bits per heavy atom. The van der Waals surface area contributed by atoms with Crippen molar-refractivity contribution in [3.05, 3.63) is 41.4 Å². The maximum atomic E-state index is 11.3. The molecule has 0 radical (unpaired) electrons. The third-order valence-corrected chi connectivity index (χ3v) is 3.07. The van der Waals surface area contributed by atoms with Crippen LogP contribution in [0.25, 0.3) is 0 Å². The van der Waals surface area contributed by atoms with Gasteiger partial charge < -0.3 is 20.1 Å². The molecule has 0 fully saturated rings. The van der Waals surface area contributed by atoms with Crippen molar-refractivity contribution in [1.29, 1.82) is 0 Å². The zero-order valence-electron chi connectivity index (χ0n) is 9.25. The van der Waals surface area contributed by atoms with Gasteiger partial charge >= 0.3 is 0 Å². The minimum absolute atomic E-state index is 0.0613. The molecule has 1 aromatic carbocycles. The molecule has 2 aliphatic rings. The Morgan fingerprint density at radius 2 is 2.00 bits per heavy atom. The van der Waals surface area contributed by atoms with E-state index in [1.54, 1.807) is 0 Å². The minimum atomic E-state index is -0.505. The summed E-state index contributed by atoms with van der Waals surface area (Å²) < 4.78 is 5.48. The molecule has 18 heavy (non-hydrogen) atoms. The van der Waals surface area contributed by atoms with Crippen LogP contribution in [-0.2, 0) is 11.2 Å². The van der Waals surface area contributed by atoms with Crippen LogP contribution in [-0.4, -0.2) is 21.1 Å². The van der Waals surface area contributed by atoms with Crippen LogP contribution in [0, 0.1) is 5.92 Å². The van der Waals surface area contributed by atoms with E-state index in [2.05, 4.69) is 0 Å². The number of carbonyl (C=O) groups is 1. The summed E-state index contributed by atoms with van der Waals surface area (Å²) in [5.41, 5.74) is 0.549. The van der Waals surface area contributed by atoms with Gasteiger partial charge in [-0.3, -0.25) is 4.79 Å². The van der Waals surface area contributed by atoms with Crippen molar-refractivity contribution in [2.45, 2.75) is 6.42 Å². The van der Waals surface area contributed by atoms with Crippen LogP contribution in [0.1, 0.15) is 5.56 Å². The van der Waals surface area contributed by atoms with Crippen molar-refractivity contribution >= 4 is 5.78 Å². The summed E-state index contributed by atoms with van der Waals surface area (Å²) in [6.45, 7) is 0. The highest BCUT2D eigenvalue weighted by molar-refractivity contribution is 6.03. The largest absolute Gasteiger partial charge is 0.508 e. The van der Waals surface area contributed by atoms with E-state index in [1.165, 1.54) is 24.3 Å². The fraction of sp³-hybridized carbons (Fsp3) is 0.154. The normalized spacial score (nSPS) is 21.3. The van der Waals surface area contributed by atoms with Crippen LogP contribution in [0.4, 0.5) is 0 Å². The second-order valence-electron chi connectivity index (χ2n) is 4.32. The highest BCUT2D eigenvalue weighted by atomic mass is 16.5. The molecule has 1 aliphatic heterocycles. The number of phenols is 2. The van der Waals surface area contributed by atoms with Gasteiger partial charge in [-0.15, -0.1) is 0 Å². The number of benzene rings is 1. The van der Waals surface area contributed by atoms with Crippen LogP contribution >= 0.6 is 0 Å². The molecule has 0 saturated carbocycles. The number of phenolic OH excluding ortho intramolecular Hbond substituents is 2. The van der Waals surface area contributed by atoms with Crippen molar-refractivity contribution in [3.63, 3.8) is 0 Å². The van der Waals surface area contributed by atoms with Crippen molar-refractivity contribution in [3.8, 4) is 17.2 Å². The van der Waals surface area contributed by atoms with Gasteiger partial charge in [0.15, 0.2) is 5.76 Å². The molecule has 1 heterocycles. The predicted molar refractivity (Wildman–Crippen MR) is 61.4 cm³/mol. The Balaban J connectivity index is 2.08. The quantitative estimate of drug-likeness (QED) is 0.646. The molecular weight excluding hydrogens is 236 g/mol. The van der Waals surface area contributed by atoms with Gasteiger partial charge in [0, 0.05) is 29.7 Å². The number of fused-ring (bicyclic) bond motifs is 2. The summed E-state index contributed by atoms with van der Waals surface area (Å²) in [5, 5.41) is 28.5. The molecular formula is C13H10O5. The topological polar surface area (TPSA) is 87.0 Å². The number of ketones is 1. The number of aromatic hydroxyl groups is 2. The number of ether oxygens (including phenoxy) is 1. The summed E-state index contributed by atoms with van der Waals surface area (Å²) in [6.07, 6.45) is 3.04. The second kappa shape index (κ2) is 3.53. The third-order valence-electron chi connectivity index (χ3n) is 3.07. The lowest BCUT2D eigenvalue weighted by Crippen LogP contribution is -2.23. The maximum Gasteiger partial charge on any atom is 0.223 e. The van der Waals surface area contributed by atoms with Crippen LogP contribution in [0.5, 0.6) is 17.2 Å². The van der Waals surface area contributed by atoms with Gasteiger partial charge in [0.2, 0.25) is 5.78 Å². The molecule has 5 heteroatoms. The van der Waals surface area contributed by atoms with Crippen LogP contribution < -0.4 is 4.74 Å². The average molecular weight is 246 g/mol. The lowest BCUT2D eigenvalue weighted by molar-refractivity contribution is -0.114. The van der Waals surface area contributed by atoms with E-state index in [0.717, 1.165) is 0 Å². The number of hydrogen-bond acceptors (Lipinski definition) is 5. The van der Waals surface area contributed by atoms with Gasteiger partial charge in [-0.1, -0.05) is 0 Å². The maximum absolute atomic E-state index is 11.3. The fourth-order valence-electron chi connectivity index (χ4n) is 2.19. The van der Waals surface area contributed by atoms with Crippen molar-refractivity contribution in [2.24, 2.45) is 5.92 Å². The summed E-state index contributed by atoms with van der Waals surface area (Å²) in [5.74, 6) is -0.513. The molecule has 1 aliphatic carbocycles. The van der Waals surface area contributed by atoms with Gasteiger partial charge in [-0.2, -0.15) is 0 Å². The molecule has 0 saturated heterocycles. The zero-order valence-corrected chi connectivity index (χ0v) is 9.25. The van der Waals surface area contributed by atoms with E-state index >= 15 is 0 Å². The van der Waals surface area contributed by atoms with Crippen molar-refractivity contribution in [1.82, 2.24) is 0 Å². The van der Waals surface area contributed by atoms with Gasteiger partial charge in [0.25, 0.3) is 0 Å². The molecule has 1 unspecified atom stereocenters. The Hall–Kier alpha value is -2.43. The molecule has 1 aromatic rings. The SMILES string of the molecule is O=C1C=C2Oc3cc(O)cc(O)c3CC2C=C1O. The molecule has 0 spiro atoms. The van der Waals surface area contributed by atoms with Crippen molar-refractivity contribution in [2.75, 3.05) is 0 Å². The standard InChI is InChI=1S/C13H10O5/c14-7-3-9(15)8-1-6-2-10(16)11(17)5-12(6)18-13(8)4-7/h2-6,14-16H,1H2. The zero-order chi connectivity index (χ0) is 12.9. The lowest BCUT2D eigenvalue weighted by atomic mass is 9.89. The minimum Gasteiger partial charge on any atom is -0.508 e. The van der Waals surface area contributed by atoms with E-state index in [0.29, 0.717) is 23.5 Å². The first-order chi connectivity index (χ1) is 8.54. The van der Waals surface area contributed by atoms with Gasteiger partial charge in [-0.05, 0) is 12.5 Å². The number of aliphatic hydroxyl groups excluding tert-OH is 1. The van der Waals surface area contributed by atoms with Gasteiger partial charge in [-0.25, -0.2) is 0 Å². The Kier molecular flexibility index (Phi) is 2.10. The Bertz CT molecular complexity index is 612. The van der Waals surface area contributed by atoms with Crippen LogP contribution in [0.15, 0.2) is 35.8 Å². The van der Waals surface area contributed by atoms with Crippen LogP contribution in [0.2, 0.25) is 0 Å². The van der Waals surface area contributed by atoms with Gasteiger partial charge in [0.1, 0.15) is 23.0 Å². The Labute approximate surface area is 102 Å². The first kappa shape index (κ1) is 10.7. The smallest absolute Gasteiger partial charge is 0.223 e. The molecule has 3 rings (SSSR count). The lowest BCUT2D eigenvalue weighted by Gasteiger charge is -2.28. The number of rotatable bonds is 0. The summed E-state index contributed by atoms with van der Waals surface area (Å²) in [6, 6.07) is 2.61. The first-order valence-electron chi connectivity index (χ1n) is 5.44. The molecule has 1 atom stereocenters. The summed E-state index contributed by atoms with van der Waals surface area (Å²) in [4.78, 5) is 11.3. The first-order valence-corrected chi connectivity index (χ1v) is 5.44. The number of hydrogen-bond donors (Lipinski definition) is 3. The predicted octanol–water partition coefficient (Wildman–Crippen LogP) is 1.56. The molecule has 0 amide bonds. The van der Waals surface area contributed by atoms with Crippen molar-refractivity contribution < 1.29 is 24.9 Å². The van der Waals surface area contributed by atoms with E-state index in [4.69, 9.17) is 4.74 Å². The number of aliphatic hydroxyl groups is 1. The highest BCUT2D eigenvalue weighted by Gasteiger charge is 2.31. The third kappa shape index (κ3) is 1.52. The average Bonchev–Trinajstić information content (AvgIpc) is 2.29. The van der Waals surface area contributed by atoms with E-state index in [9.17, 15) is 20.1 Å².